The van der Waals surface area contributed by atoms with Gasteiger partial charge in [-0.05, 0) is 31.7 Å². The van der Waals surface area contributed by atoms with Crippen molar-refractivity contribution < 1.29 is 9.47 Å². The molecule has 0 bridgehead atoms. The highest BCUT2D eigenvalue weighted by Crippen LogP contribution is 2.23. The second-order valence-electron chi connectivity index (χ2n) is 7.94. The first-order valence-corrected chi connectivity index (χ1v) is 9.34. The Labute approximate surface area is 147 Å². The van der Waals surface area contributed by atoms with Crippen LogP contribution in [0.15, 0.2) is 4.99 Å². The maximum absolute atomic E-state index is 6.01. The van der Waals surface area contributed by atoms with Gasteiger partial charge in [-0.15, -0.1) is 0 Å². The lowest BCUT2D eigenvalue weighted by Gasteiger charge is -2.35. The minimum Gasteiger partial charge on any atom is -0.379 e. The largest absolute Gasteiger partial charge is 0.379 e. The summed E-state index contributed by atoms with van der Waals surface area (Å²) in [5.41, 5.74) is 0.0762. The van der Waals surface area contributed by atoms with Crippen LogP contribution in [0.2, 0.25) is 0 Å². The van der Waals surface area contributed by atoms with Crippen LogP contribution in [0.25, 0.3) is 0 Å². The van der Waals surface area contributed by atoms with Gasteiger partial charge in [0.2, 0.25) is 0 Å². The lowest BCUT2D eigenvalue weighted by molar-refractivity contribution is -0.0453. The third-order valence-electron chi connectivity index (χ3n) is 4.97. The van der Waals surface area contributed by atoms with Gasteiger partial charge in [0.05, 0.1) is 25.4 Å². The molecule has 2 aliphatic heterocycles. The molecule has 0 spiro atoms. The number of guanidine groups is 1. The fraction of sp³-hybridized carbons (Fsp3) is 0.944. The highest BCUT2D eigenvalue weighted by atomic mass is 16.5. The van der Waals surface area contributed by atoms with Crippen LogP contribution in [0, 0.1) is 5.41 Å². The zero-order valence-corrected chi connectivity index (χ0v) is 16.1. The van der Waals surface area contributed by atoms with Gasteiger partial charge in [0.15, 0.2) is 5.96 Å². The number of fused-ring (bicyclic) bond motifs is 1. The first kappa shape index (κ1) is 19.5. The average molecular weight is 341 g/mol. The summed E-state index contributed by atoms with van der Waals surface area (Å²) in [5, 5.41) is 6.75. The van der Waals surface area contributed by atoms with Crippen molar-refractivity contribution in [1.82, 2.24) is 15.5 Å². The third-order valence-corrected chi connectivity index (χ3v) is 4.97. The number of ether oxygens (including phenoxy) is 2. The Hall–Kier alpha value is -0.850. The quantitative estimate of drug-likeness (QED) is 0.566. The monoisotopic (exact) mass is 340 g/mol. The first-order valence-electron chi connectivity index (χ1n) is 9.34. The van der Waals surface area contributed by atoms with Crippen molar-refractivity contribution in [3.8, 4) is 0 Å². The van der Waals surface area contributed by atoms with E-state index in [-0.39, 0.29) is 17.6 Å². The van der Waals surface area contributed by atoms with Crippen LogP contribution < -0.4 is 10.6 Å². The molecule has 3 unspecified atom stereocenters. The molecule has 6 nitrogen and oxygen atoms in total. The van der Waals surface area contributed by atoms with Crippen molar-refractivity contribution in [3.05, 3.63) is 0 Å². The SMILES string of the molecule is CCNC(=NCC(OC)C(C)(C)C)NCC1CN2CCCC2CO1. The van der Waals surface area contributed by atoms with Crippen LogP contribution in [0.1, 0.15) is 40.5 Å². The lowest BCUT2D eigenvalue weighted by atomic mass is 9.89. The molecule has 2 N–H and O–H groups in total. The van der Waals surface area contributed by atoms with E-state index in [2.05, 4.69) is 43.2 Å². The normalized spacial score (nSPS) is 27.0. The molecule has 0 radical (unpaired) electrons. The lowest BCUT2D eigenvalue weighted by Crippen LogP contribution is -2.51. The summed E-state index contributed by atoms with van der Waals surface area (Å²) in [7, 11) is 1.76. The summed E-state index contributed by atoms with van der Waals surface area (Å²) in [6.07, 6.45) is 2.94. The highest BCUT2D eigenvalue weighted by molar-refractivity contribution is 5.79. The third kappa shape index (κ3) is 5.60. The Bertz CT molecular complexity index is 408. The number of rotatable bonds is 6. The van der Waals surface area contributed by atoms with E-state index in [0.717, 1.165) is 32.2 Å². The summed E-state index contributed by atoms with van der Waals surface area (Å²) in [6.45, 7) is 14.0. The Morgan fingerprint density at radius 1 is 1.38 bits per heavy atom. The smallest absolute Gasteiger partial charge is 0.191 e. The Morgan fingerprint density at radius 2 is 2.17 bits per heavy atom. The number of methoxy groups -OCH3 is 1. The summed E-state index contributed by atoms with van der Waals surface area (Å²) in [5.74, 6) is 0.843. The minimum atomic E-state index is 0.0762. The molecule has 3 atom stereocenters. The predicted octanol–water partition coefficient (Wildman–Crippen LogP) is 1.47. The molecule has 0 aliphatic carbocycles. The minimum absolute atomic E-state index is 0.0762. The number of aliphatic imine (C=N–C) groups is 1. The topological polar surface area (TPSA) is 58.1 Å². The van der Waals surface area contributed by atoms with Crippen LogP contribution in [0.4, 0.5) is 0 Å². The highest BCUT2D eigenvalue weighted by Gasteiger charge is 2.32. The summed E-state index contributed by atoms with van der Waals surface area (Å²) < 4.78 is 11.6. The standard InChI is InChI=1S/C18H36N4O2/c1-6-19-17(21-11-16(23-5)18(2,3)4)20-10-15-12-22-9-7-8-14(22)13-24-15/h14-16H,6-13H2,1-5H3,(H2,19,20,21). The van der Waals surface area contributed by atoms with Gasteiger partial charge in [0.25, 0.3) is 0 Å². The van der Waals surface area contributed by atoms with Crippen molar-refractivity contribution in [3.63, 3.8) is 0 Å². The molecule has 0 aromatic heterocycles. The molecule has 0 aromatic carbocycles. The van der Waals surface area contributed by atoms with Crippen LogP contribution in [-0.2, 0) is 9.47 Å². The van der Waals surface area contributed by atoms with Crippen molar-refractivity contribution in [1.29, 1.82) is 0 Å². The molecular formula is C18H36N4O2. The second-order valence-corrected chi connectivity index (χ2v) is 7.94. The molecule has 2 aliphatic rings. The van der Waals surface area contributed by atoms with E-state index in [4.69, 9.17) is 14.5 Å². The van der Waals surface area contributed by atoms with Crippen molar-refractivity contribution in [2.24, 2.45) is 10.4 Å². The van der Waals surface area contributed by atoms with Gasteiger partial charge in [-0.3, -0.25) is 9.89 Å². The molecule has 6 heteroatoms. The van der Waals surface area contributed by atoms with Crippen molar-refractivity contribution in [2.75, 3.05) is 46.4 Å². The van der Waals surface area contributed by atoms with Crippen molar-refractivity contribution in [2.45, 2.75) is 58.8 Å². The Morgan fingerprint density at radius 3 is 2.83 bits per heavy atom. The van der Waals surface area contributed by atoms with E-state index in [1.807, 2.05) is 0 Å². The molecule has 2 saturated heterocycles. The number of hydrogen-bond donors (Lipinski definition) is 2. The first-order chi connectivity index (χ1) is 11.4. The van der Waals surface area contributed by atoms with E-state index < -0.39 is 0 Å². The van der Waals surface area contributed by atoms with E-state index in [9.17, 15) is 0 Å². The molecule has 140 valence electrons. The molecule has 0 amide bonds. The summed E-state index contributed by atoms with van der Waals surface area (Å²) in [4.78, 5) is 7.27. The number of nitrogens with one attached hydrogen (secondary N) is 2. The Kier molecular flexibility index (Phi) is 7.32. The average Bonchev–Trinajstić information content (AvgIpc) is 2.99. The fourth-order valence-corrected chi connectivity index (χ4v) is 3.44. The molecule has 2 fully saturated rings. The van der Waals surface area contributed by atoms with Crippen molar-refractivity contribution >= 4 is 5.96 Å². The number of nitrogens with zero attached hydrogens (tertiary/aromatic N) is 2. The molecule has 0 aromatic rings. The van der Waals surface area contributed by atoms with E-state index >= 15 is 0 Å². The van der Waals surface area contributed by atoms with Gasteiger partial charge >= 0.3 is 0 Å². The van der Waals surface area contributed by atoms with E-state index in [1.165, 1.54) is 19.4 Å². The maximum Gasteiger partial charge on any atom is 0.191 e. The van der Waals surface area contributed by atoms with Gasteiger partial charge < -0.3 is 20.1 Å². The maximum atomic E-state index is 6.01. The number of hydrogen-bond acceptors (Lipinski definition) is 4. The Balaban J connectivity index is 1.83. The zero-order chi connectivity index (χ0) is 17.6. The fourth-order valence-electron chi connectivity index (χ4n) is 3.44. The van der Waals surface area contributed by atoms with Gasteiger partial charge in [-0.25, -0.2) is 0 Å². The number of morpholine rings is 1. The van der Waals surface area contributed by atoms with E-state index in [1.54, 1.807) is 7.11 Å². The van der Waals surface area contributed by atoms with Crippen LogP contribution in [-0.4, -0.2) is 75.5 Å². The molecule has 2 heterocycles. The molecule has 24 heavy (non-hydrogen) atoms. The molecule has 0 saturated carbocycles. The summed E-state index contributed by atoms with van der Waals surface area (Å²) in [6, 6.07) is 0.650. The van der Waals surface area contributed by atoms with Gasteiger partial charge in [0.1, 0.15) is 0 Å². The van der Waals surface area contributed by atoms with Gasteiger partial charge in [-0.1, -0.05) is 20.8 Å². The van der Waals surface area contributed by atoms with Gasteiger partial charge in [0, 0.05) is 32.8 Å². The summed E-state index contributed by atoms with van der Waals surface area (Å²) >= 11 is 0. The van der Waals surface area contributed by atoms with Gasteiger partial charge in [-0.2, -0.15) is 0 Å². The van der Waals surface area contributed by atoms with Crippen LogP contribution >= 0.6 is 0 Å². The van der Waals surface area contributed by atoms with E-state index in [0.29, 0.717) is 12.6 Å². The molecular weight excluding hydrogens is 304 g/mol. The van der Waals surface area contributed by atoms with Crippen LogP contribution in [0.5, 0.6) is 0 Å². The van der Waals surface area contributed by atoms with Crippen LogP contribution in [0.3, 0.4) is 0 Å². The zero-order valence-electron chi connectivity index (χ0n) is 16.1. The second kappa shape index (κ2) is 9.02. The predicted molar refractivity (Wildman–Crippen MR) is 98.6 cm³/mol. The molecule has 2 rings (SSSR count).